The number of methoxy groups -OCH3 is 1. The number of hydrogen-bond acceptors (Lipinski definition) is 9. The Labute approximate surface area is 215 Å². The number of ether oxygens (including phenoxy) is 2. The second-order valence-corrected chi connectivity index (χ2v) is 7.53. The molecule has 6 N–H and O–H groups in total. The van der Waals surface area contributed by atoms with Crippen molar-refractivity contribution in [3.8, 4) is 17.4 Å². The summed E-state index contributed by atoms with van der Waals surface area (Å²) in [4.78, 5) is 32.5. The number of alkyl halides is 1. The molecule has 2 aromatic heterocycles. The van der Waals surface area contributed by atoms with Gasteiger partial charge in [0.2, 0.25) is 6.86 Å². The van der Waals surface area contributed by atoms with E-state index in [-0.39, 0.29) is 23.4 Å². The number of aromatic nitrogens is 5. The molecule has 1 atom stereocenters. The number of nitrogens with one attached hydrogen (secondary N) is 3. The number of carboxylic acids is 1. The number of nitrogens with two attached hydrogens (primary N) is 1. The zero-order chi connectivity index (χ0) is 27.7. The second-order valence-electron chi connectivity index (χ2n) is 7.53. The van der Waals surface area contributed by atoms with Gasteiger partial charge in [-0.1, -0.05) is 6.07 Å². The molecule has 2 heterocycles. The lowest BCUT2D eigenvalue weighted by molar-refractivity contribution is -0.134. The molecule has 14 heteroatoms. The number of aromatic amines is 1. The van der Waals surface area contributed by atoms with Crippen molar-refractivity contribution in [1.29, 1.82) is 5.41 Å². The van der Waals surface area contributed by atoms with Crippen LogP contribution in [-0.4, -0.2) is 55.6 Å². The quantitative estimate of drug-likeness (QED) is 0.160. The summed E-state index contributed by atoms with van der Waals surface area (Å²) in [5.74, 6) is 0.00878. The van der Waals surface area contributed by atoms with Gasteiger partial charge in [-0.25, -0.2) is 19.2 Å². The van der Waals surface area contributed by atoms with Crippen LogP contribution in [0.1, 0.15) is 29.9 Å². The number of nitrogens with zero attached hydrogens (tertiary/aromatic N) is 4. The number of nitrogen functional groups attached to an aromatic ring is 1. The Bertz CT molecular complexity index is 1440. The Hall–Kier alpha value is -5.27. The van der Waals surface area contributed by atoms with Gasteiger partial charge in [0.15, 0.2) is 17.3 Å². The van der Waals surface area contributed by atoms with E-state index in [0.717, 1.165) is 11.6 Å². The molecule has 0 saturated heterocycles. The van der Waals surface area contributed by atoms with E-state index in [1.807, 2.05) is 0 Å². The lowest BCUT2D eigenvalue weighted by atomic mass is 10.0. The van der Waals surface area contributed by atoms with Crippen molar-refractivity contribution < 1.29 is 23.8 Å². The van der Waals surface area contributed by atoms with Gasteiger partial charge < -0.3 is 25.6 Å². The lowest BCUT2D eigenvalue weighted by Gasteiger charge is -2.20. The van der Waals surface area contributed by atoms with Gasteiger partial charge in [-0.15, -0.1) is 9.78 Å². The molecule has 0 bridgehead atoms. The number of hydrogen-bond donors (Lipinski definition) is 5. The van der Waals surface area contributed by atoms with Crippen LogP contribution in [0.25, 0.3) is 5.95 Å². The van der Waals surface area contributed by atoms with Crippen LogP contribution < -0.4 is 26.2 Å². The number of aliphatic carboxylic acids is 1. The highest BCUT2D eigenvalue weighted by Crippen LogP contribution is 2.33. The topological polar surface area (TPSA) is 194 Å². The van der Waals surface area contributed by atoms with Gasteiger partial charge in [0, 0.05) is 30.6 Å². The summed E-state index contributed by atoms with van der Waals surface area (Å²) in [6, 6.07) is 12.7. The van der Waals surface area contributed by atoms with Gasteiger partial charge in [-0.3, -0.25) is 15.2 Å². The third-order valence-electron chi connectivity index (χ3n) is 4.89. The van der Waals surface area contributed by atoms with Crippen LogP contribution in [0.5, 0.6) is 11.5 Å². The third-order valence-corrected chi connectivity index (χ3v) is 4.89. The van der Waals surface area contributed by atoms with Gasteiger partial charge in [0.1, 0.15) is 11.9 Å². The Balaban J connectivity index is 0.000000934. The number of halogens is 1. The molecule has 0 aliphatic carbocycles. The van der Waals surface area contributed by atoms with Crippen molar-refractivity contribution >= 4 is 17.5 Å². The van der Waals surface area contributed by atoms with Crippen molar-refractivity contribution in [1.82, 2.24) is 24.7 Å². The van der Waals surface area contributed by atoms with Crippen LogP contribution in [0, 0.1) is 5.41 Å². The molecule has 0 aliphatic rings. The summed E-state index contributed by atoms with van der Waals surface area (Å²) in [7, 11) is 1.45. The van der Waals surface area contributed by atoms with E-state index < -0.39 is 24.6 Å². The van der Waals surface area contributed by atoms with E-state index in [0.29, 0.717) is 22.6 Å². The van der Waals surface area contributed by atoms with E-state index in [9.17, 15) is 9.18 Å². The molecule has 0 unspecified atom stereocenters. The van der Waals surface area contributed by atoms with E-state index in [1.54, 1.807) is 48.5 Å². The van der Waals surface area contributed by atoms with Crippen LogP contribution in [0.15, 0.2) is 65.7 Å². The van der Waals surface area contributed by atoms with Crippen LogP contribution in [-0.2, 0) is 4.79 Å². The number of rotatable bonds is 9. The number of benzene rings is 2. The monoisotopic (exact) mass is 524 g/mol. The molecule has 0 radical (unpaired) electrons. The Kier molecular flexibility index (Phi) is 9.07. The summed E-state index contributed by atoms with van der Waals surface area (Å²) in [5.41, 5.74) is 6.83. The number of carbonyl (C=O) groups is 1. The highest BCUT2D eigenvalue weighted by atomic mass is 19.1. The van der Waals surface area contributed by atoms with Gasteiger partial charge in [0.05, 0.1) is 7.11 Å². The first-order chi connectivity index (χ1) is 18.2. The molecule has 0 spiro atoms. The average molecular weight is 525 g/mol. The highest BCUT2D eigenvalue weighted by Gasteiger charge is 2.22. The first-order valence-electron chi connectivity index (χ1n) is 11.0. The minimum Gasteiger partial charge on any atom is -0.493 e. The van der Waals surface area contributed by atoms with Crippen molar-refractivity contribution in [2.24, 2.45) is 5.73 Å². The van der Waals surface area contributed by atoms with Crippen molar-refractivity contribution in [3.05, 3.63) is 88.4 Å². The number of anilines is 1. The maximum absolute atomic E-state index is 12.9. The minimum atomic E-state index is -1.04. The molecule has 38 heavy (non-hydrogen) atoms. The van der Waals surface area contributed by atoms with Gasteiger partial charge >= 0.3 is 5.69 Å². The Morgan fingerprint density at radius 2 is 1.87 bits per heavy atom. The Morgan fingerprint density at radius 1 is 1.21 bits per heavy atom. The van der Waals surface area contributed by atoms with Gasteiger partial charge in [-0.2, -0.15) is 0 Å². The fourth-order valence-corrected chi connectivity index (χ4v) is 3.27. The van der Waals surface area contributed by atoms with Gasteiger partial charge in [-0.05, 0) is 48.0 Å². The molecule has 13 nitrogen and oxygen atoms in total. The highest BCUT2D eigenvalue weighted by molar-refractivity contribution is 5.95. The molecular formula is C24H25FN8O5. The third kappa shape index (κ3) is 6.90. The minimum absolute atomic E-state index is 0.0581. The zero-order valence-electron chi connectivity index (χ0n) is 20.4. The predicted molar refractivity (Wildman–Crippen MR) is 136 cm³/mol. The molecule has 4 aromatic rings. The zero-order valence-corrected chi connectivity index (χ0v) is 20.4. The van der Waals surface area contributed by atoms with E-state index in [4.69, 9.17) is 30.5 Å². The maximum atomic E-state index is 12.9. The van der Waals surface area contributed by atoms with Crippen LogP contribution in [0.2, 0.25) is 0 Å². The molecule has 4 rings (SSSR count). The molecule has 0 amide bonds. The summed E-state index contributed by atoms with van der Waals surface area (Å²) in [6.45, 7) is 0.0429. The van der Waals surface area contributed by atoms with Crippen molar-refractivity contribution in [3.63, 3.8) is 0 Å². The van der Waals surface area contributed by atoms with E-state index in [1.165, 1.54) is 19.5 Å². The van der Waals surface area contributed by atoms with Gasteiger partial charge in [0.25, 0.3) is 11.9 Å². The molecule has 198 valence electrons. The largest absolute Gasteiger partial charge is 0.493 e. The maximum Gasteiger partial charge on any atom is 0.350 e. The SMILES string of the molecule is CC(=O)O.COc1ccc([C@H](Nc2ccc(C(=N)N)cc2)c2nn(-c3ncccn3)c(=O)[nH]2)cc1OCF. The molecule has 0 fully saturated rings. The summed E-state index contributed by atoms with van der Waals surface area (Å²) < 4.78 is 24.3. The predicted octanol–water partition coefficient (Wildman–Crippen LogP) is 2.24. The fraction of sp³-hybridized carbons (Fsp3) is 0.167. The number of carboxylic acid groups (broad SMARTS) is 1. The van der Waals surface area contributed by atoms with Crippen LogP contribution in [0.4, 0.5) is 10.1 Å². The standard InChI is InChI=1S/C22H21FN8O3.C2H4O2/c1-33-16-8-5-14(11-17(16)34-12-23)18(28-15-6-3-13(4-7-15)19(24)25)20-29-22(32)31(30-20)21-26-9-2-10-27-21;1-2(3)4/h2-11,18,28H,12H2,1H3,(H3,24,25)(H,29,30,32);1H3,(H,3,4)/t18-;/m0./s1. The molecule has 2 aromatic carbocycles. The van der Waals surface area contributed by atoms with Crippen molar-refractivity contribution in [2.75, 3.05) is 19.3 Å². The number of amidine groups is 1. The fourth-order valence-electron chi connectivity index (χ4n) is 3.27. The summed E-state index contributed by atoms with van der Waals surface area (Å²) in [6.07, 6.45) is 3.00. The number of H-pyrrole nitrogens is 1. The normalized spacial score (nSPS) is 11.0. The summed E-state index contributed by atoms with van der Waals surface area (Å²) in [5, 5.41) is 22.6. The first-order valence-corrected chi connectivity index (χ1v) is 11.0. The van der Waals surface area contributed by atoms with Crippen molar-refractivity contribution in [2.45, 2.75) is 13.0 Å². The van der Waals surface area contributed by atoms with E-state index >= 15 is 0 Å². The van der Waals surface area contributed by atoms with E-state index in [2.05, 4.69) is 25.4 Å². The molecule has 0 aliphatic heterocycles. The Morgan fingerprint density at radius 3 is 2.45 bits per heavy atom. The lowest BCUT2D eigenvalue weighted by Crippen LogP contribution is -2.18. The summed E-state index contributed by atoms with van der Waals surface area (Å²) >= 11 is 0. The smallest absolute Gasteiger partial charge is 0.350 e. The van der Waals surface area contributed by atoms with Crippen LogP contribution in [0.3, 0.4) is 0 Å². The molecular weight excluding hydrogens is 499 g/mol. The average Bonchev–Trinajstić information content (AvgIpc) is 3.29. The first kappa shape index (κ1) is 27.3. The van der Waals surface area contributed by atoms with Crippen LogP contribution >= 0.6 is 0 Å². The molecule has 0 saturated carbocycles. The second kappa shape index (κ2) is 12.6.